The third-order valence-corrected chi connectivity index (χ3v) is 4.60. The fraction of sp³-hybridized carbons (Fsp3) is 0.538. The second-order valence-electron chi connectivity index (χ2n) is 4.84. The predicted octanol–water partition coefficient (Wildman–Crippen LogP) is 2.64. The Hall–Kier alpha value is -1.19. The van der Waals surface area contributed by atoms with Gasteiger partial charge >= 0.3 is 6.18 Å². The van der Waals surface area contributed by atoms with Crippen molar-refractivity contribution in [1.82, 2.24) is 4.72 Å². The van der Waals surface area contributed by atoms with Gasteiger partial charge in [-0.05, 0) is 24.6 Å². The topological polar surface area (TPSA) is 72.2 Å². The van der Waals surface area contributed by atoms with E-state index in [2.05, 4.69) is 4.72 Å². The molecule has 0 aliphatic rings. The molecule has 0 aliphatic carbocycles. The molecule has 0 fully saturated rings. The SMILES string of the molecule is CCCCC(CN)NS(=O)(=O)c1cc(C(F)(F)F)ccc1F. The van der Waals surface area contributed by atoms with Crippen LogP contribution in [0.15, 0.2) is 23.1 Å². The van der Waals surface area contributed by atoms with Gasteiger partial charge in [0.15, 0.2) is 0 Å². The van der Waals surface area contributed by atoms with Crippen LogP contribution in [-0.2, 0) is 16.2 Å². The van der Waals surface area contributed by atoms with Crippen LogP contribution in [0.4, 0.5) is 17.6 Å². The van der Waals surface area contributed by atoms with Gasteiger partial charge in [-0.3, -0.25) is 0 Å². The quantitative estimate of drug-likeness (QED) is 0.748. The standard InChI is InChI=1S/C13H18F4N2O2S/c1-2-3-4-10(8-18)19-22(20,21)12-7-9(13(15,16)17)5-6-11(12)14/h5-7,10,19H,2-4,8,18H2,1H3. The molecule has 0 amide bonds. The molecule has 1 unspecified atom stereocenters. The minimum Gasteiger partial charge on any atom is -0.329 e. The average molecular weight is 342 g/mol. The lowest BCUT2D eigenvalue weighted by Gasteiger charge is -2.17. The Morgan fingerprint density at radius 2 is 1.95 bits per heavy atom. The summed E-state index contributed by atoms with van der Waals surface area (Å²) in [5.41, 5.74) is 4.21. The third kappa shape index (κ3) is 4.92. The molecule has 22 heavy (non-hydrogen) atoms. The summed E-state index contributed by atoms with van der Waals surface area (Å²) in [7, 11) is -4.42. The van der Waals surface area contributed by atoms with E-state index < -0.39 is 38.5 Å². The van der Waals surface area contributed by atoms with Crippen LogP contribution in [0, 0.1) is 5.82 Å². The van der Waals surface area contributed by atoms with Crippen LogP contribution in [0.5, 0.6) is 0 Å². The number of hydrogen-bond donors (Lipinski definition) is 2. The summed E-state index contributed by atoms with van der Waals surface area (Å²) >= 11 is 0. The predicted molar refractivity (Wildman–Crippen MR) is 74.1 cm³/mol. The molecule has 0 spiro atoms. The lowest BCUT2D eigenvalue weighted by atomic mass is 10.1. The maximum Gasteiger partial charge on any atom is 0.416 e. The maximum atomic E-state index is 13.6. The summed E-state index contributed by atoms with van der Waals surface area (Å²) in [6.07, 6.45) is -2.84. The van der Waals surface area contributed by atoms with Crippen LogP contribution >= 0.6 is 0 Å². The zero-order chi connectivity index (χ0) is 17.0. The zero-order valence-corrected chi connectivity index (χ0v) is 12.8. The van der Waals surface area contributed by atoms with Gasteiger partial charge in [0.2, 0.25) is 10.0 Å². The van der Waals surface area contributed by atoms with Gasteiger partial charge in [0, 0.05) is 12.6 Å². The Labute approximate surface area is 126 Å². The Balaban J connectivity index is 3.11. The minimum absolute atomic E-state index is 0.0280. The number of halogens is 4. The van der Waals surface area contributed by atoms with Gasteiger partial charge in [0.25, 0.3) is 0 Å². The number of benzene rings is 1. The first-order valence-corrected chi connectivity index (χ1v) is 8.19. The monoisotopic (exact) mass is 342 g/mol. The molecule has 3 N–H and O–H groups in total. The van der Waals surface area contributed by atoms with Gasteiger partial charge in [-0.1, -0.05) is 19.8 Å². The van der Waals surface area contributed by atoms with E-state index in [0.717, 1.165) is 6.42 Å². The highest BCUT2D eigenvalue weighted by Gasteiger charge is 2.33. The van der Waals surface area contributed by atoms with Crippen molar-refractivity contribution in [3.8, 4) is 0 Å². The highest BCUT2D eigenvalue weighted by atomic mass is 32.2. The van der Waals surface area contributed by atoms with Crippen LogP contribution in [-0.4, -0.2) is 21.0 Å². The van der Waals surface area contributed by atoms with Crippen LogP contribution in [0.3, 0.4) is 0 Å². The Kier molecular flexibility index (Phi) is 6.33. The molecule has 0 saturated carbocycles. The van der Waals surface area contributed by atoms with E-state index >= 15 is 0 Å². The average Bonchev–Trinajstić information content (AvgIpc) is 2.42. The number of nitrogens with two attached hydrogens (primary N) is 1. The highest BCUT2D eigenvalue weighted by Crippen LogP contribution is 2.31. The summed E-state index contributed by atoms with van der Waals surface area (Å²) in [6.45, 7) is 1.87. The van der Waals surface area contributed by atoms with Crippen molar-refractivity contribution in [2.75, 3.05) is 6.54 Å². The largest absolute Gasteiger partial charge is 0.416 e. The van der Waals surface area contributed by atoms with E-state index in [1.807, 2.05) is 6.92 Å². The summed E-state index contributed by atoms with van der Waals surface area (Å²) in [5, 5.41) is 0. The van der Waals surface area contributed by atoms with Gasteiger partial charge in [-0.15, -0.1) is 0 Å². The summed E-state index contributed by atoms with van der Waals surface area (Å²) in [6, 6.07) is 0.608. The molecule has 126 valence electrons. The fourth-order valence-corrected chi connectivity index (χ4v) is 3.23. The maximum absolute atomic E-state index is 13.6. The zero-order valence-electron chi connectivity index (χ0n) is 12.0. The Bertz CT molecular complexity index is 603. The minimum atomic E-state index is -4.76. The van der Waals surface area contributed by atoms with Crippen molar-refractivity contribution >= 4 is 10.0 Å². The van der Waals surface area contributed by atoms with E-state index in [1.54, 1.807) is 0 Å². The molecule has 0 saturated heterocycles. The number of rotatable bonds is 7. The lowest BCUT2D eigenvalue weighted by Crippen LogP contribution is -2.40. The number of sulfonamides is 1. The summed E-state index contributed by atoms with van der Waals surface area (Å²) in [4.78, 5) is -1.03. The van der Waals surface area contributed by atoms with E-state index in [4.69, 9.17) is 5.73 Å². The number of alkyl halides is 3. The van der Waals surface area contributed by atoms with Crippen LogP contribution in [0.1, 0.15) is 31.7 Å². The molecule has 9 heteroatoms. The van der Waals surface area contributed by atoms with E-state index in [-0.39, 0.29) is 12.6 Å². The molecule has 0 aliphatic heterocycles. The van der Waals surface area contributed by atoms with E-state index in [1.165, 1.54) is 0 Å². The van der Waals surface area contributed by atoms with Crippen molar-refractivity contribution in [3.05, 3.63) is 29.6 Å². The van der Waals surface area contributed by atoms with Crippen LogP contribution in [0.2, 0.25) is 0 Å². The second kappa shape index (κ2) is 7.38. The van der Waals surface area contributed by atoms with Crippen molar-refractivity contribution < 1.29 is 26.0 Å². The molecular formula is C13H18F4N2O2S. The second-order valence-corrected chi connectivity index (χ2v) is 6.52. The van der Waals surface area contributed by atoms with Gasteiger partial charge in [0.05, 0.1) is 5.56 Å². The van der Waals surface area contributed by atoms with Crippen molar-refractivity contribution in [2.45, 2.75) is 43.3 Å². The van der Waals surface area contributed by atoms with Crippen molar-refractivity contribution in [3.63, 3.8) is 0 Å². The highest BCUT2D eigenvalue weighted by molar-refractivity contribution is 7.89. The first-order valence-electron chi connectivity index (χ1n) is 6.71. The molecule has 0 bridgehead atoms. The molecule has 1 aromatic carbocycles. The molecular weight excluding hydrogens is 324 g/mol. The number of unbranched alkanes of at least 4 members (excludes halogenated alkanes) is 1. The molecule has 1 atom stereocenters. The van der Waals surface area contributed by atoms with Crippen LogP contribution in [0.25, 0.3) is 0 Å². The van der Waals surface area contributed by atoms with E-state index in [9.17, 15) is 26.0 Å². The molecule has 4 nitrogen and oxygen atoms in total. The van der Waals surface area contributed by atoms with Gasteiger partial charge in [-0.2, -0.15) is 13.2 Å². The van der Waals surface area contributed by atoms with Crippen LogP contribution < -0.4 is 10.5 Å². The van der Waals surface area contributed by atoms with E-state index in [0.29, 0.717) is 25.0 Å². The van der Waals surface area contributed by atoms with Crippen molar-refractivity contribution in [2.24, 2.45) is 5.73 Å². The fourth-order valence-electron chi connectivity index (χ4n) is 1.84. The first kappa shape index (κ1) is 18.9. The summed E-state index contributed by atoms with van der Waals surface area (Å²) in [5.74, 6) is -1.24. The smallest absolute Gasteiger partial charge is 0.329 e. The first-order chi connectivity index (χ1) is 10.1. The molecule has 0 radical (unpaired) electrons. The van der Waals surface area contributed by atoms with Gasteiger partial charge in [-0.25, -0.2) is 17.5 Å². The molecule has 1 rings (SSSR count). The lowest BCUT2D eigenvalue weighted by molar-refractivity contribution is -0.137. The Morgan fingerprint density at radius 1 is 1.32 bits per heavy atom. The van der Waals surface area contributed by atoms with Gasteiger partial charge in [0.1, 0.15) is 10.7 Å². The molecule has 0 aromatic heterocycles. The number of nitrogens with one attached hydrogen (secondary N) is 1. The van der Waals surface area contributed by atoms with Gasteiger partial charge < -0.3 is 5.73 Å². The number of hydrogen-bond acceptors (Lipinski definition) is 3. The third-order valence-electron chi connectivity index (χ3n) is 3.06. The summed E-state index contributed by atoms with van der Waals surface area (Å²) < 4.78 is 77.9. The van der Waals surface area contributed by atoms with Crippen molar-refractivity contribution in [1.29, 1.82) is 0 Å². The normalized spacial score (nSPS) is 14.1. The Morgan fingerprint density at radius 3 is 2.45 bits per heavy atom. The molecule has 1 aromatic rings. The molecule has 0 heterocycles.